The topological polar surface area (TPSA) is 71.1 Å². The van der Waals surface area contributed by atoms with Crippen molar-refractivity contribution < 1.29 is 9.59 Å². The van der Waals surface area contributed by atoms with E-state index >= 15 is 0 Å². The van der Waals surface area contributed by atoms with E-state index in [1.54, 1.807) is 6.07 Å². The number of rotatable bonds is 6. The van der Waals surface area contributed by atoms with Gasteiger partial charge in [0.15, 0.2) is 0 Å². The molecule has 1 aromatic heterocycles. The summed E-state index contributed by atoms with van der Waals surface area (Å²) in [5, 5.41) is 5.71. The number of hydrogen-bond donors (Lipinski definition) is 2. The first kappa shape index (κ1) is 20.3. The second-order valence-corrected chi connectivity index (χ2v) is 7.36. The Morgan fingerprint density at radius 2 is 1.62 bits per heavy atom. The van der Waals surface area contributed by atoms with Crippen molar-refractivity contribution in [3.05, 3.63) is 94.8 Å². The molecular weight excluding hydrogens is 362 g/mol. The number of nitrogens with one attached hydrogen (secondary N) is 2. The van der Waals surface area contributed by atoms with E-state index in [1.165, 1.54) is 18.0 Å². The van der Waals surface area contributed by atoms with Crippen LogP contribution in [0, 0.1) is 6.92 Å². The van der Waals surface area contributed by atoms with Crippen molar-refractivity contribution in [2.45, 2.75) is 33.2 Å². The molecule has 0 radical (unpaired) electrons. The Bertz CT molecular complexity index is 1010. The quantitative estimate of drug-likeness (QED) is 0.644. The fourth-order valence-electron chi connectivity index (χ4n) is 2.95. The molecule has 0 fully saturated rings. The predicted molar refractivity (Wildman–Crippen MR) is 115 cm³/mol. The lowest BCUT2D eigenvalue weighted by molar-refractivity contribution is 0.0950. The smallest absolute Gasteiger partial charge is 0.257 e. The highest BCUT2D eigenvalue weighted by Gasteiger charge is 2.12. The molecule has 0 spiro atoms. The van der Waals surface area contributed by atoms with E-state index in [9.17, 15) is 9.59 Å². The van der Waals surface area contributed by atoms with Crippen LogP contribution in [0.4, 0.5) is 5.69 Å². The SMILES string of the molecule is Cc1cccc(CNC(=O)c2cncc(C(=O)Nc3ccc(C(C)C)cc3)c2)c1. The highest BCUT2D eigenvalue weighted by Crippen LogP contribution is 2.18. The van der Waals surface area contributed by atoms with Crippen molar-refractivity contribution >= 4 is 17.5 Å². The van der Waals surface area contributed by atoms with Gasteiger partial charge in [-0.1, -0.05) is 55.8 Å². The van der Waals surface area contributed by atoms with Crippen LogP contribution in [0.15, 0.2) is 67.0 Å². The minimum absolute atomic E-state index is 0.269. The van der Waals surface area contributed by atoms with E-state index in [1.807, 2.05) is 55.5 Å². The molecule has 0 aliphatic rings. The zero-order chi connectivity index (χ0) is 20.8. The van der Waals surface area contributed by atoms with Crippen LogP contribution in [-0.4, -0.2) is 16.8 Å². The minimum Gasteiger partial charge on any atom is -0.348 e. The van der Waals surface area contributed by atoms with Crippen LogP contribution in [0.2, 0.25) is 0 Å². The van der Waals surface area contributed by atoms with Gasteiger partial charge in [0.1, 0.15) is 0 Å². The predicted octanol–water partition coefficient (Wildman–Crippen LogP) is 4.70. The van der Waals surface area contributed by atoms with Gasteiger partial charge in [0.2, 0.25) is 0 Å². The third-order valence-corrected chi connectivity index (χ3v) is 4.63. The first-order valence-electron chi connectivity index (χ1n) is 9.62. The summed E-state index contributed by atoms with van der Waals surface area (Å²) < 4.78 is 0. The number of pyridine rings is 1. The number of amides is 2. The maximum Gasteiger partial charge on any atom is 0.257 e. The van der Waals surface area contributed by atoms with Gasteiger partial charge in [-0.15, -0.1) is 0 Å². The maximum absolute atomic E-state index is 12.5. The summed E-state index contributed by atoms with van der Waals surface area (Å²) in [5.41, 5.74) is 4.75. The normalized spacial score (nSPS) is 10.6. The van der Waals surface area contributed by atoms with Gasteiger partial charge in [0.25, 0.3) is 11.8 Å². The molecule has 2 amide bonds. The largest absolute Gasteiger partial charge is 0.348 e. The number of aromatic nitrogens is 1. The van der Waals surface area contributed by atoms with E-state index < -0.39 is 0 Å². The van der Waals surface area contributed by atoms with Gasteiger partial charge in [0.05, 0.1) is 11.1 Å². The molecule has 0 saturated heterocycles. The van der Waals surface area contributed by atoms with Crippen LogP contribution in [0.25, 0.3) is 0 Å². The number of anilines is 1. The number of benzene rings is 2. The zero-order valence-electron chi connectivity index (χ0n) is 16.9. The van der Waals surface area contributed by atoms with Crippen LogP contribution in [0.1, 0.15) is 57.2 Å². The number of hydrogen-bond acceptors (Lipinski definition) is 3. The molecule has 1 heterocycles. The van der Waals surface area contributed by atoms with Gasteiger partial charge in [-0.25, -0.2) is 0 Å². The van der Waals surface area contributed by atoms with E-state index in [0.717, 1.165) is 11.1 Å². The van der Waals surface area contributed by atoms with Crippen molar-refractivity contribution in [2.75, 3.05) is 5.32 Å². The Labute approximate surface area is 171 Å². The van der Waals surface area contributed by atoms with E-state index in [2.05, 4.69) is 29.5 Å². The van der Waals surface area contributed by atoms with Crippen LogP contribution in [0.3, 0.4) is 0 Å². The van der Waals surface area contributed by atoms with Crippen molar-refractivity contribution in [3.63, 3.8) is 0 Å². The summed E-state index contributed by atoms with van der Waals surface area (Å²) in [6.07, 6.45) is 2.91. The Kier molecular flexibility index (Phi) is 6.39. The molecule has 5 nitrogen and oxygen atoms in total. The monoisotopic (exact) mass is 387 g/mol. The molecule has 3 rings (SSSR count). The van der Waals surface area contributed by atoms with Crippen LogP contribution in [-0.2, 0) is 6.54 Å². The summed E-state index contributed by atoms with van der Waals surface area (Å²) in [5.74, 6) is -0.142. The van der Waals surface area contributed by atoms with Gasteiger partial charge in [-0.3, -0.25) is 14.6 Å². The van der Waals surface area contributed by atoms with E-state index in [-0.39, 0.29) is 11.8 Å². The fourth-order valence-corrected chi connectivity index (χ4v) is 2.95. The molecule has 5 heteroatoms. The Hall–Kier alpha value is -3.47. The van der Waals surface area contributed by atoms with Crippen molar-refractivity contribution in [1.82, 2.24) is 10.3 Å². The standard InChI is InChI=1S/C24H25N3O2/c1-16(2)19-7-9-22(10-8-19)27-24(29)21-12-20(14-25-15-21)23(28)26-13-18-6-4-5-17(3)11-18/h4-12,14-16H,13H2,1-3H3,(H,26,28)(H,27,29). The molecule has 2 aromatic carbocycles. The lowest BCUT2D eigenvalue weighted by Crippen LogP contribution is -2.23. The van der Waals surface area contributed by atoms with E-state index in [4.69, 9.17) is 0 Å². The molecule has 0 aliphatic heterocycles. The summed E-state index contributed by atoms with van der Waals surface area (Å²) in [7, 11) is 0. The summed E-state index contributed by atoms with van der Waals surface area (Å²) in [4.78, 5) is 29.0. The molecule has 0 saturated carbocycles. The summed E-state index contributed by atoms with van der Waals surface area (Å²) in [6, 6.07) is 17.2. The van der Waals surface area contributed by atoms with Gasteiger partial charge < -0.3 is 10.6 Å². The van der Waals surface area contributed by atoms with Crippen LogP contribution >= 0.6 is 0 Å². The van der Waals surface area contributed by atoms with Crippen molar-refractivity contribution in [1.29, 1.82) is 0 Å². The van der Waals surface area contributed by atoms with Crippen LogP contribution in [0.5, 0.6) is 0 Å². The molecule has 3 aromatic rings. The molecule has 0 bridgehead atoms. The molecule has 0 atom stereocenters. The van der Waals surface area contributed by atoms with Gasteiger partial charge >= 0.3 is 0 Å². The molecule has 148 valence electrons. The molecule has 0 aliphatic carbocycles. The molecule has 2 N–H and O–H groups in total. The Morgan fingerprint density at radius 1 is 0.931 bits per heavy atom. The van der Waals surface area contributed by atoms with Crippen molar-refractivity contribution in [3.8, 4) is 0 Å². The molecule has 29 heavy (non-hydrogen) atoms. The first-order chi connectivity index (χ1) is 13.9. The van der Waals surface area contributed by atoms with Crippen LogP contribution < -0.4 is 10.6 Å². The van der Waals surface area contributed by atoms with Gasteiger partial charge in [0, 0.05) is 24.6 Å². The van der Waals surface area contributed by atoms with E-state index in [0.29, 0.717) is 29.3 Å². The lowest BCUT2D eigenvalue weighted by atomic mass is 10.0. The number of carbonyl (C=O) groups excluding carboxylic acids is 2. The summed E-state index contributed by atoms with van der Waals surface area (Å²) in [6.45, 7) is 6.66. The Morgan fingerprint density at radius 3 is 2.28 bits per heavy atom. The van der Waals surface area contributed by atoms with Gasteiger partial charge in [-0.2, -0.15) is 0 Å². The highest BCUT2D eigenvalue weighted by atomic mass is 16.2. The fraction of sp³-hybridized carbons (Fsp3) is 0.208. The summed E-state index contributed by atoms with van der Waals surface area (Å²) >= 11 is 0. The number of carbonyl (C=O) groups is 2. The van der Waals surface area contributed by atoms with Crippen molar-refractivity contribution in [2.24, 2.45) is 0 Å². The third kappa shape index (κ3) is 5.51. The second kappa shape index (κ2) is 9.15. The highest BCUT2D eigenvalue weighted by molar-refractivity contribution is 6.05. The number of aryl methyl sites for hydroxylation is 1. The third-order valence-electron chi connectivity index (χ3n) is 4.63. The Balaban J connectivity index is 1.64. The maximum atomic E-state index is 12.5. The average Bonchev–Trinajstić information content (AvgIpc) is 2.72. The molecular formula is C24H25N3O2. The lowest BCUT2D eigenvalue weighted by Gasteiger charge is -2.09. The van der Waals surface area contributed by atoms with Gasteiger partial charge in [-0.05, 0) is 42.2 Å². The zero-order valence-corrected chi connectivity index (χ0v) is 16.9. The average molecular weight is 387 g/mol. The number of nitrogens with zero attached hydrogens (tertiary/aromatic N) is 1. The second-order valence-electron chi connectivity index (χ2n) is 7.36. The molecule has 0 unspecified atom stereocenters. The first-order valence-corrected chi connectivity index (χ1v) is 9.62. The minimum atomic E-state index is -0.303.